The molecule has 1 saturated carbocycles. The van der Waals surface area contributed by atoms with E-state index in [0.29, 0.717) is 0 Å². The van der Waals surface area contributed by atoms with Gasteiger partial charge in [-0.1, -0.05) is 45.4 Å². The lowest BCUT2D eigenvalue weighted by molar-refractivity contribution is -0.0418. The van der Waals surface area contributed by atoms with Crippen LogP contribution in [0.5, 0.6) is 0 Å². The minimum absolute atomic E-state index is 0.718. The Hall–Kier alpha value is -0.0800. The van der Waals surface area contributed by atoms with Gasteiger partial charge in [-0.15, -0.1) is 0 Å². The maximum Gasteiger partial charge on any atom is 0.00541 e. The highest BCUT2D eigenvalue weighted by molar-refractivity contribution is 4.98. The van der Waals surface area contributed by atoms with Gasteiger partial charge < -0.3 is 5.32 Å². The van der Waals surface area contributed by atoms with Gasteiger partial charge in [0.05, 0.1) is 0 Å². The van der Waals surface area contributed by atoms with Gasteiger partial charge in [0.25, 0.3) is 0 Å². The molecule has 2 heteroatoms. The van der Waals surface area contributed by atoms with E-state index in [1.54, 1.807) is 0 Å². The Kier molecular flexibility index (Phi) is 6.35. The van der Waals surface area contributed by atoms with Crippen LogP contribution in [-0.2, 0) is 0 Å². The Morgan fingerprint density at radius 3 is 2.10 bits per heavy atom. The third-order valence-corrected chi connectivity index (χ3v) is 5.77. The van der Waals surface area contributed by atoms with E-state index in [1.165, 1.54) is 77.5 Å². The zero-order valence-electron chi connectivity index (χ0n) is 14.1. The summed E-state index contributed by atoms with van der Waals surface area (Å²) >= 11 is 0. The number of hydrogen-bond donors (Lipinski definition) is 1. The average molecular weight is 280 g/mol. The normalized spacial score (nSPS) is 27.0. The summed E-state index contributed by atoms with van der Waals surface area (Å²) in [6.45, 7) is 12.1. The summed E-state index contributed by atoms with van der Waals surface area (Å²) in [5, 5.41) is 3.43. The predicted molar refractivity (Wildman–Crippen MR) is 88.1 cm³/mol. The third-order valence-electron chi connectivity index (χ3n) is 5.77. The highest BCUT2D eigenvalue weighted by Crippen LogP contribution is 2.39. The third kappa shape index (κ3) is 4.46. The van der Waals surface area contributed by atoms with Gasteiger partial charge in [-0.05, 0) is 51.1 Å². The zero-order chi connectivity index (χ0) is 14.4. The molecule has 2 aliphatic heterocycles. The minimum Gasteiger partial charge on any atom is -0.317 e. The van der Waals surface area contributed by atoms with Crippen LogP contribution in [-0.4, -0.2) is 37.1 Å². The molecule has 20 heavy (non-hydrogen) atoms. The second-order valence-electron chi connectivity index (χ2n) is 7.66. The summed E-state index contributed by atoms with van der Waals surface area (Å²) in [6.07, 6.45) is 11.7. The molecule has 1 spiro atoms. The Morgan fingerprint density at radius 1 is 1.05 bits per heavy atom. The molecule has 0 unspecified atom stereocenters. The summed E-state index contributed by atoms with van der Waals surface area (Å²) in [6, 6.07) is 0.755. The minimum atomic E-state index is 0.718. The van der Waals surface area contributed by atoms with Crippen molar-refractivity contribution in [3.05, 3.63) is 0 Å². The molecule has 0 aromatic heterocycles. The molecule has 2 nitrogen and oxygen atoms in total. The van der Waals surface area contributed by atoms with E-state index in [-0.39, 0.29) is 0 Å². The van der Waals surface area contributed by atoms with Crippen molar-refractivity contribution in [1.82, 2.24) is 10.2 Å². The van der Waals surface area contributed by atoms with Crippen LogP contribution in [0.25, 0.3) is 0 Å². The van der Waals surface area contributed by atoms with Gasteiger partial charge in [0.15, 0.2) is 0 Å². The van der Waals surface area contributed by atoms with Crippen LogP contribution in [0.4, 0.5) is 0 Å². The summed E-state index contributed by atoms with van der Waals surface area (Å²) in [4.78, 5) is 2.59. The first-order valence-corrected chi connectivity index (χ1v) is 9.10. The van der Waals surface area contributed by atoms with Crippen molar-refractivity contribution in [1.29, 1.82) is 0 Å². The molecule has 0 amide bonds. The standard InChI is InChI=1S/C10H20N2.C8H16/c1-9(2)12-7-10(8-12)3-5-11-6-4-10;1-2-8-6-4-3-5-7-8/h9,11H,3-8H2,1-2H3;8H,2-7H2,1H3. The lowest BCUT2D eigenvalue weighted by atomic mass is 9.72. The topological polar surface area (TPSA) is 15.3 Å². The smallest absolute Gasteiger partial charge is 0.00541 e. The van der Waals surface area contributed by atoms with E-state index >= 15 is 0 Å². The molecular formula is C18H36N2. The van der Waals surface area contributed by atoms with Crippen LogP contribution in [0.1, 0.15) is 72.1 Å². The molecule has 0 aromatic rings. The largest absolute Gasteiger partial charge is 0.317 e. The van der Waals surface area contributed by atoms with Crippen molar-refractivity contribution in [3.63, 3.8) is 0 Å². The van der Waals surface area contributed by atoms with E-state index in [1.807, 2.05) is 0 Å². The number of piperidine rings is 1. The molecule has 0 radical (unpaired) electrons. The van der Waals surface area contributed by atoms with E-state index in [0.717, 1.165) is 17.4 Å². The van der Waals surface area contributed by atoms with Crippen LogP contribution >= 0.6 is 0 Å². The Morgan fingerprint density at radius 2 is 1.65 bits per heavy atom. The van der Waals surface area contributed by atoms with E-state index in [9.17, 15) is 0 Å². The first-order valence-electron chi connectivity index (χ1n) is 9.10. The Bertz CT molecular complexity index is 255. The molecule has 3 fully saturated rings. The second kappa shape index (κ2) is 7.79. The van der Waals surface area contributed by atoms with Gasteiger partial charge in [-0.2, -0.15) is 0 Å². The quantitative estimate of drug-likeness (QED) is 0.820. The van der Waals surface area contributed by atoms with E-state index in [4.69, 9.17) is 0 Å². The van der Waals surface area contributed by atoms with Gasteiger partial charge in [0, 0.05) is 19.1 Å². The second-order valence-corrected chi connectivity index (χ2v) is 7.66. The predicted octanol–water partition coefficient (Wildman–Crippen LogP) is 4.06. The SMILES string of the molecule is CC(C)N1CC2(CCNCC2)C1.CCC1CCCCC1. The highest BCUT2D eigenvalue weighted by atomic mass is 15.2. The highest BCUT2D eigenvalue weighted by Gasteiger charge is 2.43. The number of nitrogens with one attached hydrogen (secondary N) is 1. The van der Waals surface area contributed by atoms with Gasteiger partial charge in [0.2, 0.25) is 0 Å². The molecule has 1 aliphatic carbocycles. The van der Waals surface area contributed by atoms with Crippen LogP contribution in [0.2, 0.25) is 0 Å². The van der Waals surface area contributed by atoms with E-state index in [2.05, 4.69) is 31.0 Å². The summed E-state index contributed by atoms with van der Waals surface area (Å²) in [5.74, 6) is 1.09. The van der Waals surface area contributed by atoms with Crippen molar-refractivity contribution < 1.29 is 0 Å². The van der Waals surface area contributed by atoms with Crippen LogP contribution < -0.4 is 5.32 Å². The van der Waals surface area contributed by atoms with Gasteiger partial charge in [-0.25, -0.2) is 0 Å². The number of hydrogen-bond acceptors (Lipinski definition) is 2. The first kappa shape index (κ1) is 16.3. The number of rotatable bonds is 2. The molecule has 3 rings (SSSR count). The van der Waals surface area contributed by atoms with Crippen LogP contribution in [0.15, 0.2) is 0 Å². The average Bonchev–Trinajstić information content (AvgIpc) is 2.47. The van der Waals surface area contributed by atoms with Crippen LogP contribution in [0, 0.1) is 11.3 Å². The van der Waals surface area contributed by atoms with Crippen molar-refractivity contribution in [3.8, 4) is 0 Å². The summed E-state index contributed by atoms with van der Waals surface area (Å²) in [5.41, 5.74) is 0.718. The molecule has 1 N–H and O–H groups in total. The molecule has 0 aromatic carbocycles. The monoisotopic (exact) mass is 280 g/mol. The van der Waals surface area contributed by atoms with Crippen molar-refractivity contribution in [2.24, 2.45) is 11.3 Å². The van der Waals surface area contributed by atoms with Crippen LogP contribution in [0.3, 0.4) is 0 Å². The van der Waals surface area contributed by atoms with Crippen molar-refractivity contribution in [2.75, 3.05) is 26.2 Å². The lowest BCUT2D eigenvalue weighted by Crippen LogP contribution is -2.61. The van der Waals surface area contributed by atoms with Gasteiger partial charge in [0.1, 0.15) is 0 Å². The molecule has 2 saturated heterocycles. The van der Waals surface area contributed by atoms with E-state index < -0.39 is 0 Å². The number of nitrogens with zero attached hydrogens (tertiary/aromatic N) is 1. The Labute approximate surface area is 126 Å². The zero-order valence-corrected chi connectivity index (χ0v) is 14.1. The molecular weight excluding hydrogens is 244 g/mol. The van der Waals surface area contributed by atoms with Crippen molar-refractivity contribution >= 4 is 0 Å². The lowest BCUT2D eigenvalue weighted by Gasteiger charge is -2.54. The van der Waals surface area contributed by atoms with Gasteiger partial charge in [-0.3, -0.25) is 4.90 Å². The first-order chi connectivity index (χ1) is 9.65. The molecule has 2 heterocycles. The fourth-order valence-corrected chi connectivity index (χ4v) is 4.05. The molecule has 0 atom stereocenters. The maximum absolute atomic E-state index is 3.43. The fourth-order valence-electron chi connectivity index (χ4n) is 4.05. The molecule has 118 valence electrons. The number of likely N-dealkylation sites (tertiary alicyclic amines) is 1. The van der Waals surface area contributed by atoms with Gasteiger partial charge >= 0.3 is 0 Å². The van der Waals surface area contributed by atoms with Crippen molar-refractivity contribution in [2.45, 2.75) is 78.2 Å². The fraction of sp³-hybridized carbons (Fsp3) is 1.00. The summed E-state index contributed by atoms with van der Waals surface area (Å²) in [7, 11) is 0. The summed E-state index contributed by atoms with van der Waals surface area (Å²) < 4.78 is 0. The molecule has 3 aliphatic rings. The molecule has 0 bridgehead atoms. The maximum atomic E-state index is 3.43. The Balaban J connectivity index is 0.000000160.